The Labute approximate surface area is 145 Å². The lowest BCUT2D eigenvalue weighted by Gasteiger charge is -2.37. The number of anilines is 2. The molecule has 0 aliphatic carbocycles. The van der Waals surface area contributed by atoms with Crippen LogP contribution in [0.3, 0.4) is 0 Å². The van der Waals surface area contributed by atoms with Crippen LogP contribution in [0.5, 0.6) is 5.75 Å². The summed E-state index contributed by atoms with van der Waals surface area (Å²) in [5.41, 5.74) is 2.31. The van der Waals surface area contributed by atoms with Gasteiger partial charge < -0.3 is 19.9 Å². The first-order chi connectivity index (χ1) is 12.2. The van der Waals surface area contributed by atoms with Gasteiger partial charge in [0.25, 0.3) is 11.8 Å². The summed E-state index contributed by atoms with van der Waals surface area (Å²) >= 11 is 0. The van der Waals surface area contributed by atoms with Crippen LogP contribution in [-0.2, 0) is 4.79 Å². The van der Waals surface area contributed by atoms with Gasteiger partial charge in [-0.1, -0.05) is 6.07 Å². The molecule has 2 aliphatic rings. The Morgan fingerprint density at radius 2 is 1.84 bits per heavy atom. The van der Waals surface area contributed by atoms with Gasteiger partial charge in [-0.05, 0) is 24.3 Å². The lowest BCUT2D eigenvalue weighted by atomic mass is 10.1. The normalized spacial score (nSPS) is 16.7. The SMILES string of the molecule is O=C1COc2c(cccc2N2CCN(C(=O)c3ccncc3)CC2)N1. The van der Waals surface area contributed by atoms with Crippen LogP contribution < -0.4 is 15.0 Å². The Morgan fingerprint density at radius 3 is 2.60 bits per heavy atom. The van der Waals surface area contributed by atoms with E-state index in [1.165, 1.54) is 0 Å². The van der Waals surface area contributed by atoms with Crippen LogP contribution in [-0.4, -0.2) is 54.5 Å². The number of amides is 2. The number of nitrogens with one attached hydrogen (secondary N) is 1. The number of benzene rings is 1. The topological polar surface area (TPSA) is 74.8 Å². The standard InChI is InChI=1S/C18H18N4O3/c23-16-12-25-17-14(20-16)2-1-3-15(17)21-8-10-22(11-9-21)18(24)13-4-6-19-7-5-13/h1-7H,8-12H2,(H,20,23). The molecular weight excluding hydrogens is 320 g/mol. The van der Waals surface area contributed by atoms with Gasteiger partial charge in [-0.25, -0.2) is 0 Å². The monoisotopic (exact) mass is 338 g/mol. The van der Waals surface area contributed by atoms with Crippen LogP contribution in [0.2, 0.25) is 0 Å². The second-order valence-corrected chi connectivity index (χ2v) is 6.01. The van der Waals surface area contributed by atoms with E-state index in [2.05, 4.69) is 15.2 Å². The minimum atomic E-state index is -0.141. The molecule has 0 bridgehead atoms. The van der Waals surface area contributed by atoms with Gasteiger partial charge in [0.1, 0.15) is 0 Å². The Balaban J connectivity index is 1.47. The molecule has 1 aromatic carbocycles. The Kier molecular flexibility index (Phi) is 3.97. The minimum Gasteiger partial charge on any atom is -0.479 e. The quantitative estimate of drug-likeness (QED) is 0.895. The molecule has 2 aromatic rings. The summed E-state index contributed by atoms with van der Waals surface area (Å²) in [6.07, 6.45) is 3.26. The molecule has 7 nitrogen and oxygen atoms in total. The highest BCUT2D eigenvalue weighted by Gasteiger charge is 2.26. The summed E-state index contributed by atoms with van der Waals surface area (Å²) in [5.74, 6) is 0.592. The van der Waals surface area contributed by atoms with Gasteiger partial charge in [-0.3, -0.25) is 14.6 Å². The lowest BCUT2D eigenvalue weighted by molar-refractivity contribution is -0.118. The molecule has 0 unspecified atom stereocenters. The number of hydrogen-bond acceptors (Lipinski definition) is 5. The van der Waals surface area contributed by atoms with E-state index in [1.54, 1.807) is 24.5 Å². The summed E-state index contributed by atoms with van der Waals surface area (Å²) in [6.45, 7) is 2.73. The first-order valence-electron chi connectivity index (χ1n) is 8.22. The van der Waals surface area contributed by atoms with Gasteiger partial charge in [0.05, 0.1) is 11.4 Å². The molecule has 1 N–H and O–H groups in total. The molecule has 0 saturated carbocycles. The molecule has 3 heterocycles. The fourth-order valence-corrected chi connectivity index (χ4v) is 3.18. The van der Waals surface area contributed by atoms with E-state index in [1.807, 2.05) is 23.1 Å². The van der Waals surface area contributed by atoms with Crippen LogP contribution in [0.1, 0.15) is 10.4 Å². The van der Waals surface area contributed by atoms with Crippen molar-refractivity contribution in [2.24, 2.45) is 0 Å². The van der Waals surface area contributed by atoms with E-state index in [4.69, 9.17) is 4.74 Å². The highest BCUT2D eigenvalue weighted by molar-refractivity contribution is 5.97. The number of aromatic nitrogens is 1. The zero-order chi connectivity index (χ0) is 17.2. The predicted molar refractivity (Wildman–Crippen MR) is 92.9 cm³/mol. The van der Waals surface area contributed by atoms with Crippen LogP contribution in [0, 0.1) is 0 Å². The average molecular weight is 338 g/mol. The maximum absolute atomic E-state index is 12.5. The van der Waals surface area contributed by atoms with Crippen LogP contribution >= 0.6 is 0 Å². The number of hydrogen-bond donors (Lipinski definition) is 1. The number of rotatable bonds is 2. The van der Waals surface area contributed by atoms with Gasteiger partial charge in [0.2, 0.25) is 0 Å². The molecule has 1 saturated heterocycles. The van der Waals surface area contributed by atoms with Gasteiger partial charge in [0.15, 0.2) is 12.4 Å². The maximum Gasteiger partial charge on any atom is 0.262 e. The van der Waals surface area contributed by atoms with Crippen molar-refractivity contribution >= 4 is 23.2 Å². The number of piperazine rings is 1. The number of carbonyl (C=O) groups excluding carboxylic acids is 2. The van der Waals surface area contributed by atoms with Crippen LogP contribution in [0.25, 0.3) is 0 Å². The smallest absolute Gasteiger partial charge is 0.262 e. The van der Waals surface area contributed by atoms with Gasteiger partial charge in [-0.15, -0.1) is 0 Å². The van der Waals surface area contributed by atoms with E-state index < -0.39 is 0 Å². The zero-order valence-electron chi connectivity index (χ0n) is 13.6. The highest BCUT2D eigenvalue weighted by atomic mass is 16.5. The second-order valence-electron chi connectivity index (χ2n) is 6.01. The largest absolute Gasteiger partial charge is 0.479 e. The number of pyridine rings is 1. The molecular formula is C18H18N4O3. The predicted octanol–water partition coefficient (Wildman–Crippen LogP) is 1.37. The van der Waals surface area contributed by atoms with E-state index in [-0.39, 0.29) is 18.4 Å². The van der Waals surface area contributed by atoms with Gasteiger partial charge >= 0.3 is 0 Å². The molecule has 1 aromatic heterocycles. The third-order valence-electron chi connectivity index (χ3n) is 4.45. The van der Waals surface area contributed by atoms with Gasteiger partial charge in [-0.2, -0.15) is 0 Å². The van der Waals surface area contributed by atoms with E-state index >= 15 is 0 Å². The zero-order valence-corrected chi connectivity index (χ0v) is 13.6. The lowest BCUT2D eigenvalue weighted by Crippen LogP contribution is -2.49. The molecule has 0 atom stereocenters. The Bertz CT molecular complexity index is 801. The highest BCUT2D eigenvalue weighted by Crippen LogP contribution is 2.38. The molecule has 2 amide bonds. The number of ether oxygens (including phenoxy) is 1. The van der Waals surface area contributed by atoms with Crippen molar-refractivity contribution in [3.05, 3.63) is 48.3 Å². The Hall–Kier alpha value is -3.09. The van der Waals surface area contributed by atoms with Crippen molar-refractivity contribution < 1.29 is 14.3 Å². The van der Waals surface area contributed by atoms with Crippen molar-refractivity contribution in [3.63, 3.8) is 0 Å². The fraction of sp³-hybridized carbons (Fsp3) is 0.278. The molecule has 0 radical (unpaired) electrons. The number of nitrogens with zero attached hydrogens (tertiary/aromatic N) is 3. The first-order valence-corrected chi connectivity index (χ1v) is 8.22. The fourth-order valence-electron chi connectivity index (χ4n) is 3.18. The van der Waals surface area contributed by atoms with E-state index in [0.29, 0.717) is 43.2 Å². The summed E-state index contributed by atoms with van der Waals surface area (Å²) < 4.78 is 5.62. The molecule has 4 rings (SSSR count). The molecule has 128 valence electrons. The Morgan fingerprint density at radius 1 is 1.08 bits per heavy atom. The van der Waals surface area contributed by atoms with E-state index in [9.17, 15) is 9.59 Å². The third kappa shape index (κ3) is 3.00. The van der Waals surface area contributed by atoms with Crippen molar-refractivity contribution in [1.29, 1.82) is 0 Å². The molecule has 2 aliphatic heterocycles. The molecule has 25 heavy (non-hydrogen) atoms. The number of carbonyl (C=O) groups is 2. The van der Waals surface area contributed by atoms with Crippen LogP contribution in [0.4, 0.5) is 11.4 Å². The summed E-state index contributed by atoms with van der Waals surface area (Å²) in [4.78, 5) is 32.0. The van der Waals surface area contributed by atoms with Gasteiger partial charge in [0, 0.05) is 44.1 Å². The molecule has 1 fully saturated rings. The summed E-state index contributed by atoms with van der Waals surface area (Å²) in [5, 5.41) is 2.83. The maximum atomic E-state index is 12.5. The number of para-hydroxylation sites is 1. The van der Waals surface area contributed by atoms with Crippen molar-refractivity contribution in [1.82, 2.24) is 9.88 Å². The minimum absolute atomic E-state index is 0.0284. The number of fused-ring (bicyclic) bond motifs is 1. The molecule has 0 spiro atoms. The van der Waals surface area contributed by atoms with Crippen molar-refractivity contribution in [2.75, 3.05) is 43.0 Å². The molecule has 7 heteroatoms. The van der Waals surface area contributed by atoms with Crippen molar-refractivity contribution in [2.45, 2.75) is 0 Å². The summed E-state index contributed by atoms with van der Waals surface area (Å²) in [7, 11) is 0. The first kappa shape index (κ1) is 15.4. The average Bonchev–Trinajstić information content (AvgIpc) is 2.67. The van der Waals surface area contributed by atoms with E-state index in [0.717, 1.165) is 5.69 Å². The second kappa shape index (κ2) is 6.43. The van der Waals surface area contributed by atoms with Crippen LogP contribution in [0.15, 0.2) is 42.7 Å². The van der Waals surface area contributed by atoms with Crippen molar-refractivity contribution in [3.8, 4) is 5.75 Å². The summed E-state index contributed by atoms with van der Waals surface area (Å²) in [6, 6.07) is 9.19. The third-order valence-corrected chi connectivity index (χ3v) is 4.45.